The Balaban J connectivity index is 0.00000306. The van der Waals surface area contributed by atoms with Crippen molar-refractivity contribution in [2.75, 3.05) is 44.7 Å². The second-order valence-electron chi connectivity index (χ2n) is 8.02. The van der Waals surface area contributed by atoms with Crippen LogP contribution < -0.4 is 15.0 Å². The highest BCUT2D eigenvalue weighted by Crippen LogP contribution is 2.31. The standard InChI is InChI=1S/C24H29FN4O3.HI/c1-17-14-28(15-22(32-17)18-8-10-19(25)11-9-18)24(26-2)27-12-5-13-29-20-6-3-4-7-21(20)31-16-23(29)30;/h3-4,6-11,17,22H,5,12-16H2,1-2H3,(H,26,27);1H. The minimum Gasteiger partial charge on any atom is -0.482 e. The van der Waals surface area contributed by atoms with Crippen LogP contribution in [0, 0.1) is 5.82 Å². The Morgan fingerprint density at radius 1 is 1.18 bits per heavy atom. The molecule has 2 aliphatic rings. The summed E-state index contributed by atoms with van der Waals surface area (Å²) in [7, 11) is 1.76. The van der Waals surface area contributed by atoms with Gasteiger partial charge in [-0.2, -0.15) is 0 Å². The lowest BCUT2D eigenvalue weighted by molar-refractivity contribution is -0.121. The molecule has 0 radical (unpaired) electrons. The molecule has 1 N–H and O–H groups in total. The van der Waals surface area contributed by atoms with Crippen molar-refractivity contribution in [3.05, 3.63) is 59.9 Å². The Kier molecular flexibility index (Phi) is 8.90. The van der Waals surface area contributed by atoms with Gasteiger partial charge in [0, 0.05) is 26.7 Å². The van der Waals surface area contributed by atoms with Crippen LogP contribution in [0.3, 0.4) is 0 Å². The summed E-state index contributed by atoms with van der Waals surface area (Å²) in [5, 5.41) is 3.41. The lowest BCUT2D eigenvalue weighted by atomic mass is 10.1. The highest BCUT2D eigenvalue weighted by atomic mass is 127. The summed E-state index contributed by atoms with van der Waals surface area (Å²) in [5.74, 6) is 1.25. The van der Waals surface area contributed by atoms with Crippen LogP contribution in [-0.2, 0) is 9.53 Å². The van der Waals surface area contributed by atoms with Gasteiger partial charge in [-0.25, -0.2) is 4.39 Å². The summed E-state index contributed by atoms with van der Waals surface area (Å²) in [5.41, 5.74) is 1.76. The fourth-order valence-corrected chi connectivity index (χ4v) is 4.15. The van der Waals surface area contributed by atoms with Gasteiger partial charge >= 0.3 is 0 Å². The largest absolute Gasteiger partial charge is 0.482 e. The molecule has 2 aromatic carbocycles. The lowest BCUT2D eigenvalue weighted by Crippen LogP contribution is -2.51. The first-order valence-corrected chi connectivity index (χ1v) is 10.9. The predicted octanol–water partition coefficient (Wildman–Crippen LogP) is 3.60. The molecule has 0 aromatic heterocycles. The number of anilines is 1. The number of morpholine rings is 1. The van der Waals surface area contributed by atoms with Gasteiger partial charge in [-0.15, -0.1) is 24.0 Å². The summed E-state index contributed by atoms with van der Waals surface area (Å²) < 4.78 is 24.9. The van der Waals surface area contributed by atoms with Gasteiger partial charge in [0.25, 0.3) is 5.91 Å². The van der Waals surface area contributed by atoms with E-state index in [0.717, 1.165) is 29.4 Å². The van der Waals surface area contributed by atoms with Gasteiger partial charge in [0.15, 0.2) is 12.6 Å². The molecule has 2 unspecified atom stereocenters. The normalized spacial score (nSPS) is 20.6. The van der Waals surface area contributed by atoms with Crippen molar-refractivity contribution in [3.63, 3.8) is 0 Å². The van der Waals surface area contributed by atoms with Crippen LogP contribution in [0.4, 0.5) is 10.1 Å². The molecule has 1 amide bonds. The van der Waals surface area contributed by atoms with Crippen LogP contribution in [0.2, 0.25) is 0 Å². The number of carbonyl (C=O) groups excluding carboxylic acids is 1. The number of guanidine groups is 1. The average Bonchev–Trinajstić information content (AvgIpc) is 2.80. The van der Waals surface area contributed by atoms with Gasteiger partial charge in [0.2, 0.25) is 0 Å². The average molecular weight is 568 g/mol. The van der Waals surface area contributed by atoms with Crippen LogP contribution in [-0.4, -0.2) is 62.7 Å². The van der Waals surface area contributed by atoms with Crippen molar-refractivity contribution in [2.45, 2.75) is 25.6 Å². The quantitative estimate of drug-likeness (QED) is 0.259. The zero-order valence-electron chi connectivity index (χ0n) is 18.9. The third-order valence-electron chi connectivity index (χ3n) is 5.66. The molecule has 2 heterocycles. The van der Waals surface area contributed by atoms with Crippen molar-refractivity contribution < 1.29 is 18.7 Å². The second-order valence-corrected chi connectivity index (χ2v) is 8.02. The molecule has 1 saturated heterocycles. The number of aliphatic imine (C=N–C) groups is 1. The van der Waals surface area contributed by atoms with E-state index in [1.165, 1.54) is 12.1 Å². The third-order valence-corrected chi connectivity index (χ3v) is 5.66. The number of fused-ring (bicyclic) bond motifs is 1. The highest BCUT2D eigenvalue weighted by Gasteiger charge is 2.29. The van der Waals surface area contributed by atoms with Gasteiger partial charge in [0.1, 0.15) is 17.7 Å². The smallest absolute Gasteiger partial charge is 0.265 e. The maximum Gasteiger partial charge on any atom is 0.265 e. The maximum atomic E-state index is 13.3. The highest BCUT2D eigenvalue weighted by molar-refractivity contribution is 14.0. The molecule has 4 rings (SSSR count). The number of ether oxygens (including phenoxy) is 2. The number of halogens is 2. The van der Waals surface area contributed by atoms with E-state index in [-0.39, 0.29) is 54.5 Å². The van der Waals surface area contributed by atoms with E-state index in [1.807, 2.05) is 31.2 Å². The molecule has 0 aliphatic carbocycles. The van der Waals surface area contributed by atoms with Crippen molar-refractivity contribution in [3.8, 4) is 5.75 Å². The minimum absolute atomic E-state index is 0. The molecule has 7 nitrogen and oxygen atoms in total. The molecule has 2 aromatic rings. The van der Waals surface area contributed by atoms with Gasteiger partial charge in [-0.1, -0.05) is 24.3 Å². The van der Waals surface area contributed by atoms with Crippen LogP contribution in [0.25, 0.3) is 0 Å². The first-order valence-electron chi connectivity index (χ1n) is 10.9. The summed E-state index contributed by atoms with van der Waals surface area (Å²) in [4.78, 5) is 20.7. The molecule has 9 heteroatoms. The maximum absolute atomic E-state index is 13.3. The predicted molar refractivity (Wildman–Crippen MR) is 137 cm³/mol. The van der Waals surface area contributed by atoms with Crippen LogP contribution in [0.15, 0.2) is 53.5 Å². The van der Waals surface area contributed by atoms with Gasteiger partial charge in [0.05, 0.1) is 18.3 Å². The van der Waals surface area contributed by atoms with Crippen molar-refractivity contribution in [1.29, 1.82) is 0 Å². The van der Waals surface area contributed by atoms with E-state index < -0.39 is 0 Å². The molecule has 1 fully saturated rings. The summed E-state index contributed by atoms with van der Waals surface area (Å²) in [6.07, 6.45) is 0.626. The summed E-state index contributed by atoms with van der Waals surface area (Å²) in [6, 6.07) is 14.1. The number of para-hydroxylation sites is 2. The van der Waals surface area contributed by atoms with E-state index in [0.29, 0.717) is 26.2 Å². The van der Waals surface area contributed by atoms with E-state index in [4.69, 9.17) is 9.47 Å². The minimum atomic E-state index is -0.256. The summed E-state index contributed by atoms with van der Waals surface area (Å²) in [6.45, 7) is 4.71. The van der Waals surface area contributed by atoms with Gasteiger partial charge in [-0.3, -0.25) is 9.79 Å². The molecule has 0 bridgehead atoms. The fourth-order valence-electron chi connectivity index (χ4n) is 4.15. The summed E-state index contributed by atoms with van der Waals surface area (Å²) >= 11 is 0. The van der Waals surface area contributed by atoms with E-state index in [2.05, 4.69) is 15.2 Å². The number of rotatable bonds is 5. The lowest BCUT2D eigenvalue weighted by Gasteiger charge is -2.38. The Morgan fingerprint density at radius 2 is 1.94 bits per heavy atom. The monoisotopic (exact) mass is 568 g/mol. The molecule has 2 aliphatic heterocycles. The SMILES string of the molecule is CN=C(NCCCN1C(=O)COc2ccccc21)N1CC(C)OC(c2ccc(F)cc2)C1.I. The Bertz CT molecular complexity index is 972. The van der Waals surface area contributed by atoms with Crippen LogP contribution in [0.1, 0.15) is 25.0 Å². The number of hydrogen-bond acceptors (Lipinski definition) is 4. The molecule has 33 heavy (non-hydrogen) atoms. The third kappa shape index (κ3) is 6.14. The number of nitrogens with zero attached hydrogens (tertiary/aromatic N) is 3. The zero-order chi connectivity index (χ0) is 22.5. The number of nitrogens with one attached hydrogen (secondary N) is 1. The first-order chi connectivity index (χ1) is 15.5. The van der Waals surface area contributed by atoms with Crippen LogP contribution >= 0.6 is 24.0 Å². The van der Waals surface area contributed by atoms with Crippen molar-refractivity contribution >= 4 is 41.5 Å². The Hall–Kier alpha value is -2.40. The Labute approximate surface area is 211 Å². The topological polar surface area (TPSA) is 66.4 Å². The van der Waals surface area contributed by atoms with E-state index >= 15 is 0 Å². The Morgan fingerprint density at radius 3 is 2.70 bits per heavy atom. The van der Waals surface area contributed by atoms with Gasteiger partial charge < -0.3 is 24.6 Å². The molecule has 2 atom stereocenters. The second kappa shape index (κ2) is 11.6. The van der Waals surface area contributed by atoms with E-state index in [9.17, 15) is 9.18 Å². The molecule has 0 spiro atoms. The molecular weight excluding hydrogens is 538 g/mol. The van der Waals surface area contributed by atoms with Crippen LogP contribution in [0.5, 0.6) is 5.75 Å². The fraction of sp³-hybridized carbons (Fsp3) is 0.417. The van der Waals surface area contributed by atoms with E-state index in [1.54, 1.807) is 24.1 Å². The zero-order valence-corrected chi connectivity index (χ0v) is 21.2. The molecule has 178 valence electrons. The number of hydrogen-bond donors (Lipinski definition) is 1. The number of benzene rings is 2. The first kappa shape index (κ1) is 25.2. The van der Waals surface area contributed by atoms with Crippen molar-refractivity contribution in [2.24, 2.45) is 4.99 Å². The molecule has 0 saturated carbocycles. The van der Waals surface area contributed by atoms with Gasteiger partial charge in [-0.05, 0) is 43.2 Å². The number of carbonyl (C=O) groups is 1. The van der Waals surface area contributed by atoms with Crippen molar-refractivity contribution in [1.82, 2.24) is 10.2 Å². The number of amides is 1. The molecular formula is C24H30FIN4O3.